The predicted molar refractivity (Wildman–Crippen MR) is 107 cm³/mol. The Balaban J connectivity index is 1.56. The van der Waals surface area contributed by atoms with Gasteiger partial charge in [-0.25, -0.2) is 4.99 Å². The maximum Gasteiger partial charge on any atom is 0.231 e. The molecular formula is C20H25N3O5. The van der Waals surface area contributed by atoms with Gasteiger partial charge in [-0.05, 0) is 31.2 Å². The van der Waals surface area contributed by atoms with Crippen LogP contribution in [0, 0.1) is 0 Å². The van der Waals surface area contributed by atoms with E-state index in [0.29, 0.717) is 36.4 Å². The van der Waals surface area contributed by atoms with Crippen LogP contribution in [0.3, 0.4) is 0 Å². The van der Waals surface area contributed by atoms with Gasteiger partial charge < -0.3 is 34.3 Å². The maximum atomic E-state index is 5.74. The van der Waals surface area contributed by atoms with E-state index in [0.717, 1.165) is 23.7 Å². The van der Waals surface area contributed by atoms with E-state index in [4.69, 9.17) is 23.7 Å². The van der Waals surface area contributed by atoms with Crippen molar-refractivity contribution in [2.45, 2.75) is 6.92 Å². The highest BCUT2D eigenvalue weighted by Gasteiger charge is 2.13. The molecule has 28 heavy (non-hydrogen) atoms. The molecule has 0 saturated heterocycles. The second kappa shape index (κ2) is 9.59. The first-order valence-electron chi connectivity index (χ1n) is 9.03. The zero-order valence-corrected chi connectivity index (χ0v) is 16.3. The Labute approximate surface area is 164 Å². The van der Waals surface area contributed by atoms with Crippen molar-refractivity contribution < 1.29 is 23.7 Å². The third kappa shape index (κ3) is 4.91. The molecule has 2 aromatic rings. The summed E-state index contributed by atoms with van der Waals surface area (Å²) in [5.41, 5.74) is 0.842. The molecule has 8 nitrogen and oxygen atoms in total. The summed E-state index contributed by atoms with van der Waals surface area (Å²) in [6, 6.07) is 11.1. The van der Waals surface area contributed by atoms with Crippen molar-refractivity contribution in [2.75, 3.05) is 46.0 Å². The monoisotopic (exact) mass is 387 g/mol. The number of rotatable bonds is 8. The van der Waals surface area contributed by atoms with Gasteiger partial charge in [0.1, 0.15) is 12.4 Å². The molecule has 0 radical (unpaired) electrons. The van der Waals surface area contributed by atoms with Crippen molar-refractivity contribution in [3.8, 4) is 28.7 Å². The van der Waals surface area contributed by atoms with E-state index >= 15 is 0 Å². The highest BCUT2D eigenvalue weighted by Crippen LogP contribution is 2.35. The van der Waals surface area contributed by atoms with Crippen LogP contribution < -0.4 is 34.3 Å². The lowest BCUT2D eigenvalue weighted by Crippen LogP contribution is -2.31. The van der Waals surface area contributed by atoms with Crippen molar-refractivity contribution in [1.29, 1.82) is 0 Å². The van der Waals surface area contributed by atoms with E-state index in [-0.39, 0.29) is 6.79 Å². The van der Waals surface area contributed by atoms with Crippen molar-refractivity contribution >= 4 is 11.6 Å². The number of benzene rings is 2. The molecule has 1 aliphatic rings. The number of anilines is 1. The number of hydrogen-bond acceptors (Lipinski definition) is 6. The molecule has 0 aromatic heterocycles. The topological polar surface area (TPSA) is 82.6 Å². The Hall–Kier alpha value is -3.29. The summed E-state index contributed by atoms with van der Waals surface area (Å²) in [4.78, 5) is 4.54. The Morgan fingerprint density at radius 1 is 1.04 bits per heavy atom. The fourth-order valence-corrected chi connectivity index (χ4v) is 2.65. The van der Waals surface area contributed by atoms with Gasteiger partial charge in [-0.3, -0.25) is 0 Å². The van der Waals surface area contributed by atoms with Crippen molar-refractivity contribution in [2.24, 2.45) is 4.99 Å². The zero-order valence-electron chi connectivity index (χ0n) is 16.3. The molecule has 0 fully saturated rings. The van der Waals surface area contributed by atoms with Gasteiger partial charge in [0.15, 0.2) is 29.0 Å². The quantitative estimate of drug-likeness (QED) is 0.409. The normalized spacial score (nSPS) is 12.5. The van der Waals surface area contributed by atoms with Crippen molar-refractivity contribution in [1.82, 2.24) is 5.32 Å². The van der Waals surface area contributed by atoms with Crippen LogP contribution in [0.15, 0.2) is 41.4 Å². The minimum Gasteiger partial charge on any atom is -0.493 e. The molecule has 0 amide bonds. The fraction of sp³-hybridized carbons (Fsp3) is 0.350. The SMILES string of the molecule is CCNC(=NCCOc1ccc2c(c1)OCO2)Nc1ccc(OC)c(OC)c1. The summed E-state index contributed by atoms with van der Waals surface area (Å²) >= 11 is 0. The Bertz CT molecular complexity index is 825. The lowest BCUT2D eigenvalue weighted by molar-refractivity contribution is 0.174. The Morgan fingerprint density at radius 3 is 2.64 bits per heavy atom. The zero-order chi connectivity index (χ0) is 19.8. The van der Waals surface area contributed by atoms with Gasteiger partial charge in [0.2, 0.25) is 6.79 Å². The molecule has 0 bridgehead atoms. The van der Waals surface area contributed by atoms with Crippen LogP contribution in [0.4, 0.5) is 5.69 Å². The first-order valence-corrected chi connectivity index (χ1v) is 9.03. The van der Waals surface area contributed by atoms with Gasteiger partial charge in [-0.15, -0.1) is 0 Å². The van der Waals surface area contributed by atoms with Gasteiger partial charge in [-0.2, -0.15) is 0 Å². The maximum absolute atomic E-state index is 5.74. The Morgan fingerprint density at radius 2 is 1.86 bits per heavy atom. The third-order valence-electron chi connectivity index (χ3n) is 3.96. The molecule has 0 saturated carbocycles. The summed E-state index contributed by atoms with van der Waals surface area (Å²) in [5.74, 6) is 4.13. The van der Waals surface area contributed by atoms with Gasteiger partial charge >= 0.3 is 0 Å². The molecule has 0 spiro atoms. The van der Waals surface area contributed by atoms with Crippen LogP contribution in [0.1, 0.15) is 6.92 Å². The minimum atomic E-state index is 0.247. The summed E-state index contributed by atoms with van der Waals surface area (Å²) < 4.78 is 27.0. The lowest BCUT2D eigenvalue weighted by atomic mass is 10.3. The summed E-state index contributed by atoms with van der Waals surface area (Å²) in [7, 11) is 3.21. The summed E-state index contributed by atoms with van der Waals surface area (Å²) in [6.07, 6.45) is 0. The molecule has 1 heterocycles. The average Bonchev–Trinajstić information content (AvgIpc) is 3.19. The number of methoxy groups -OCH3 is 2. The van der Waals surface area contributed by atoms with Gasteiger partial charge in [0.25, 0.3) is 0 Å². The van der Waals surface area contributed by atoms with Crippen LogP contribution in [0.25, 0.3) is 0 Å². The highest BCUT2D eigenvalue weighted by atomic mass is 16.7. The second-order valence-electron chi connectivity index (χ2n) is 5.82. The second-order valence-corrected chi connectivity index (χ2v) is 5.82. The third-order valence-corrected chi connectivity index (χ3v) is 3.96. The smallest absolute Gasteiger partial charge is 0.231 e. The number of ether oxygens (including phenoxy) is 5. The minimum absolute atomic E-state index is 0.247. The van der Waals surface area contributed by atoms with Crippen LogP contribution in [-0.4, -0.2) is 46.7 Å². The first-order chi connectivity index (χ1) is 13.7. The molecule has 0 aliphatic carbocycles. The van der Waals surface area contributed by atoms with Crippen molar-refractivity contribution in [3.05, 3.63) is 36.4 Å². The number of nitrogens with zero attached hydrogens (tertiary/aromatic N) is 1. The summed E-state index contributed by atoms with van der Waals surface area (Å²) in [6.45, 7) is 3.91. The molecular weight excluding hydrogens is 362 g/mol. The largest absolute Gasteiger partial charge is 0.493 e. The number of fused-ring (bicyclic) bond motifs is 1. The number of hydrogen-bond donors (Lipinski definition) is 2. The van der Waals surface area contributed by atoms with E-state index in [2.05, 4.69) is 15.6 Å². The van der Waals surface area contributed by atoms with Crippen molar-refractivity contribution in [3.63, 3.8) is 0 Å². The van der Waals surface area contributed by atoms with Gasteiger partial charge in [-0.1, -0.05) is 0 Å². The number of aliphatic imine (C=N–C) groups is 1. The molecule has 3 rings (SSSR count). The van der Waals surface area contributed by atoms with Crippen LogP contribution in [0.2, 0.25) is 0 Å². The molecule has 2 aromatic carbocycles. The van der Waals surface area contributed by atoms with E-state index in [1.807, 2.05) is 43.3 Å². The summed E-state index contributed by atoms with van der Waals surface area (Å²) in [5, 5.41) is 6.45. The predicted octanol–water partition coefficient (Wildman–Crippen LogP) is 2.89. The average molecular weight is 387 g/mol. The van der Waals surface area contributed by atoms with E-state index < -0.39 is 0 Å². The molecule has 0 atom stereocenters. The van der Waals surface area contributed by atoms with Crippen LogP contribution in [-0.2, 0) is 0 Å². The fourth-order valence-electron chi connectivity index (χ4n) is 2.65. The molecule has 0 unspecified atom stereocenters. The van der Waals surface area contributed by atoms with E-state index in [9.17, 15) is 0 Å². The molecule has 1 aliphatic heterocycles. The van der Waals surface area contributed by atoms with Crippen LogP contribution in [0.5, 0.6) is 28.7 Å². The lowest BCUT2D eigenvalue weighted by Gasteiger charge is -2.14. The molecule has 150 valence electrons. The number of guanidine groups is 1. The molecule has 8 heteroatoms. The first kappa shape index (κ1) is 19.5. The van der Waals surface area contributed by atoms with E-state index in [1.165, 1.54) is 0 Å². The number of nitrogens with one attached hydrogen (secondary N) is 2. The Kier molecular flexibility index (Phi) is 6.67. The highest BCUT2D eigenvalue weighted by molar-refractivity contribution is 5.93. The van der Waals surface area contributed by atoms with Gasteiger partial charge in [0, 0.05) is 24.4 Å². The molecule has 2 N–H and O–H groups in total. The van der Waals surface area contributed by atoms with Gasteiger partial charge in [0.05, 0.1) is 20.8 Å². The standard InChI is InChI=1S/C20H25N3O5/c1-4-21-20(23-14-5-7-16(24-2)18(11-14)25-3)22-9-10-26-15-6-8-17-19(12-15)28-13-27-17/h5-8,11-12H,4,9-10,13H2,1-3H3,(H2,21,22,23). The van der Waals surface area contributed by atoms with E-state index in [1.54, 1.807) is 14.2 Å². The van der Waals surface area contributed by atoms with Crippen LogP contribution >= 0.6 is 0 Å².